The Hall–Kier alpha value is -1.06. The van der Waals surface area contributed by atoms with Crippen molar-refractivity contribution in [2.45, 2.75) is 64.8 Å². The van der Waals surface area contributed by atoms with Crippen molar-refractivity contribution >= 4 is 11.9 Å². The van der Waals surface area contributed by atoms with Crippen LogP contribution in [0.5, 0.6) is 0 Å². The van der Waals surface area contributed by atoms with Gasteiger partial charge in [0.15, 0.2) is 0 Å². The molecule has 2 saturated carbocycles. The minimum Gasteiger partial charge on any atom is -0.481 e. The van der Waals surface area contributed by atoms with Crippen LogP contribution in [-0.2, 0) is 9.59 Å². The monoisotopic (exact) mass is 267 g/mol. The summed E-state index contributed by atoms with van der Waals surface area (Å²) in [6, 6.07) is 0.198. The highest BCUT2D eigenvalue weighted by Gasteiger charge is 2.40. The Morgan fingerprint density at radius 3 is 2.37 bits per heavy atom. The molecule has 2 aliphatic carbocycles. The molecule has 2 N–H and O–H groups in total. The zero-order valence-electron chi connectivity index (χ0n) is 11.9. The molecule has 0 saturated heterocycles. The third kappa shape index (κ3) is 3.10. The van der Waals surface area contributed by atoms with E-state index in [9.17, 15) is 9.59 Å². The molecule has 3 atom stereocenters. The Balaban J connectivity index is 1.98. The standard InChI is InChI=1S/C15H25NO3/c1-15(2)9-4-3-8-12(15)16-13(17)10-6-5-7-11(10)14(18)19/h10-12H,3-9H2,1-2H3,(H,16,17)(H,18,19)/t10-,11+,12?/m1/s1. The highest BCUT2D eigenvalue weighted by molar-refractivity contribution is 5.85. The SMILES string of the molecule is CC1(C)CCCCC1NC(=O)[C@@H]1CCC[C@@H]1C(=O)O. The maximum Gasteiger partial charge on any atom is 0.307 e. The summed E-state index contributed by atoms with van der Waals surface area (Å²) >= 11 is 0. The zero-order chi connectivity index (χ0) is 14.0. The number of carboxylic acids is 1. The van der Waals surface area contributed by atoms with Crippen molar-refractivity contribution in [3.63, 3.8) is 0 Å². The first-order chi connectivity index (χ1) is 8.92. The summed E-state index contributed by atoms with van der Waals surface area (Å²) in [6.07, 6.45) is 6.73. The van der Waals surface area contributed by atoms with Gasteiger partial charge in [-0.2, -0.15) is 0 Å². The Bertz CT molecular complexity index is 364. The largest absolute Gasteiger partial charge is 0.481 e. The predicted octanol–water partition coefficient (Wildman–Crippen LogP) is 2.57. The van der Waals surface area contributed by atoms with Gasteiger partial charge in [-0.05, 0) is 31.1 Å². The van der Waals surface area contributed by atoms with Crippen molar-refractivity contribution < 1.29 is 14.7 Å². The number of nitrogens with one attached hydrogen (secondary N) is 1. The summed E-state index contributed by atoms with van der Waals surface area (Å²) in [5.41, 5.74) is 0.130. The number of rotatable bonds is 3. The Labute approximate surface area is 115 Å². The molecule has 2 fully saturated rings. The van der Waals surface area contributed by atoms with Crippen LogP contribution in [0.1, 0.15) is 58.8 Å². The minimum atomic E-state index is -0.819. The molecular weight excluding hydrogens is 242 g/mol. The van der Waals surface area contributed by atoms with Gasteiger partial charge in [0.2, 0.25) is 5.91 Å². The molecule has 19 heavy (non-hydrogen) atoms. The van der Waals surface area contributed by atoms with Crippen LogP contribution in [0, 0.1) is 17.3 Å². The number of hydrogen-bond donors (Lipinski definition) is 2. The van der Waals surface area contributed by atoms with Crippen LogP contribution in [0.25, 0.3) is 0 Å². The molecule has 0 heterocycles. The second-order valence-electron chi connectivity index (χ2n) is 6.78. The first kappa shape index (κ1) is 14.4. The first-order valence-electron chi connectivity index (χ1n) is 7.45. The van der Waals surface area contributed by atoms with Gasteiger partial charge < -0.3 is 10.4 Å². The van der Waals surface area contributed by atoms with Gasteiger partial charge in [0.25, 0.3) is 0 Å². The van der Waals surface area contributed by atoms with Gasteiger partial charge in [0.05, 0.1) is 11.8 Å². The van der Waals surface area contributed by atoms with Gasteiger partial charge in [-0.1, -0.05) is 33.1 Å². The molecule has 4 heteroatoms. The summed E-state index contributed by atoms with van der Waals surface area (Å²) in [7, 11) is 0. The van der Waals surface area contributed by atoms with Crippen molar-refractivity contribution in [2.75, 3.05) is 0 Å². The maximum absolute atomic E-state index is 12.3. The molecular formula is C15H25NO3. The van der Waals surface area contributed by atoms with Crippen molar-refractivity contribution in [3.8, 4) is 0 Å². The molecule has 0 aromatic heterocycles. The summed E-state index contributed by atoms with van der Waals surface area (Å²) in [6.45, 7) is 4.39. The second-order valence-corrected chi connectivity index (χ2v) is 6.78. The lowest BCUT2D eigenvalue weighted by Crippen LogP contribution is -2.49. The average molecular weight is 267 g/mol. The molecule has 1 unspecified atom stereocenters. The van der Waals surface area contributed by atoms with Crippen molar-refractivity contribution in [1.82, 2.24) is 5.32 Å². The summed E-state index contributed by atoms with van der Waals surface area (Å²) in [5, 5.41) is 12.3. The lowest BCUT2D eigenvalue weighted by atomic mass is 9.73. The van der Waals surface area contributed by atoms with E-state index in [2.05, 4.69) is 19.2 Å². The van der Waals surface area contributed by atoms with Crippen LogP contribution in [0.2, 0.25) is 0 Å². The maximum atomic E-state index is 12.3. The van der Waals surface area contributed by atoms with E-state index in [4.69, 9.17) is 5.11 Å². The normalized spacial score (nSPS) is 33.9. The highest BCUT2D eigenvalue weighted by Crippen LogP contribution is 2.37. The summed E-state index contributed by atoms with van der Waals surface area (Å²) < 4.78 is 0. The van der Waals surface area contributed by atoms with Crippen molar-refractivity contribution in [1.29, 1.82) is 0 Å². The molecule has 108 valence electrons. The number of carboxylic acid groups (broad SMARTS) is 1. The fraction of sp³-hybridized carbons (Fsp3) is 0.867. The number of carbonyl (C=O) groups excluding carboxylic acids is 1. The average Bonchev–Trinajstić information content (AvgIpc) is 2.80. The van der Waals surface area contributed by atoms with Crippen LogP contribution in [0.15, 0.2) is 0 Å². The topological polar surface area (TPSA) is 66.4 Å². The third-order valence-electron chi connectivity index (χ3n) is 4.99. The van der Waals surface area contributed by atoms with Crippen molar-refractivity contribution in [3.05, 3.63) is 0 Å². The van der Waals surface area contributed by atoms with Gasteiger partial charge in [-0.25, -0.2) is 0 Å². The number of aliphatic carboxylic acids is 1. The van der Waals surface area contributed by atoms with Gasteiger partial charge >= 0.3 is 5.97 Å². The molecule has 2 aliphatic rings. The first-order valence-corrected chi connectivity index (χ1v) is 7.45. The summed E-state index contributed by atoms with van der Waals surface area (Å²) in [4.78, 5) is 23.5. The van der Waals surface area contributed by atoms with Crippen LogP contribution in [-0.4, -0.2) is 23.0 Å². The van der Waals surface area contributed by atoms with Gasteiger partial charge in [-0.3, -0.25) is 9.59 Å². The lowest BCUT2D eigenvalue weighted by molar-refractivity contribution is -0.146. The molecule has 0 aromatic carbocycles. The summed E-state index contributed by atoms with van der Waals surface area (Å²) in [5.74, 6) is -1.66. The second kappa shape index (κ2) is 5.51. The van der Waals surface area contributed by atoms with E-state index in [0.717, 1.165) is 32.1 Å². The fourth-order valence-corrected chi connectivity index (χ4v) is 3.61. The Kier molecular flexibility index (Phi) is 4.16. The van der Waals surface area contributed by atoms with E-state index in [0.29, 0.717) is 6.42 Å². The zero-order valence-corrected chi connectivity index (χ0v) is 11.9. The van der Waals surface area contributed by atoms with Crippen LogP contribution >= 0.6 is 0 Å². The molecule has 0 aromatic rings. The van der Waals surface area contributed by atoms with E-state index in [1.54, 1.807) is 0 Å². The van der Waals surface area contributed by atoms with E-state index < -0.39 is 11.9 Å². The fourth-order valence-electron chi connectivity index (χ4n) is 3.61. The van der Waals surface area contributed by atoms with E-state index in [-0.39, 0.29) is 23.3 Å². The van der Waals surface area contributed by atoms with Gasteiger partial charge in [0.1, 0.15) is 0 Å². The Morgan fingerprint density at radius 1 is 1.05 bits per heavy atom. The van der Waals surface area contributed by atoms with Crippen LogP contribution in [0.3, 0.4) is 0 Å². The van der Waals surface area contributed by atoms with Gasteiger partial charge in [0, 0.05) is 6.04 Å². The molecule has 1 amide bonds. The molecule has 2 rings (SSSR count). The third-order valence-corrected chi connectivity index (χ3v) is 4.99. The van der Waals surface area contributed by atoms with Crippen LogP contribution < -0.4 is 5.32 Å². The van der Waals surface area contributed by atoms with Gasteiger partial charge in [-0.15, -0.1) is 0 Å². The van der Waals surface area contributed by atoms with Crippen LogP contribution in [0.4, 0.5) is 0 Å². The predicted molar refractivity (Wildman–Crippen MR) is 72.6 cm³/mol. The molecule has 4 nitrogen and oxygen atoms in total. The van der Waals surface area contributed by atoms with E-state index in [1.807, 2.05) is 0 Å². The quantitative estimate of drug-likeness (QED) is 0.826. The molecule has 0 spiro atoms. The number of amides is 1. The molecule has 0 radical (unpaired) electrons. The lowest BCUT2D eigenvalue weighted by Gasteiger charge is -2.39. The molecule has 0 aliphatic heterocycles. The van der Waals surface area contributed by atoms with E-state index in [1.165, 1.54) is 6.42 Å². The highest BCUT2D eigenvalue weighted by atomic mass is 16.4. The number of carbonyl (C=O) groups is 2. The number of hydrogen-bond acceptors (Lipinski definition) is 2. The smallest absolute Gasteiger partial charge is 0.307 e. The minimum absolute atomic E-state index is 0.0372. The van der Waals surface area contributed by atoms with E-state index >= 15 is 0 Å². The van der Waals surface area contributed by atoms with Crippen molar-refractivity contribution in [2.24, 2.45) is 17.3 Å². The molecule has 0 bridgehead atoms. The Morgan fingerprint density at radius 2 is 1.74 bits per heavy atom.